The van der Waals surface area contributed by atoms with Gasteiger partial charge < -0.3 is 4.74 Å². The molecule has 0 N–H and O–H groups in total. The van der Waals surface area contributed by atoms with E-state index in [1.165, 1.54) is 5.56 Å². The number of carbonyl (C=O) groups is 1. The maximum Gasteiger partial charge on any atom is 0.343 e. The average molecular weight is 334 g/mol. The maximum atomic E-state index is 12.0. The Balaban J connectivity index is 1.70. The van der Waals surface area contributed by atoms with Crippen LogP contribution in [-0.2, 0) is 6.42 Å². The topological polar surface area (TPSA) is 26.3 Å². The SMILES string of the molecule is O=C(Oc1ccc(-c2ccc(CCS)cc2)cc1)c1ccccc1. The molecule has 2 nitrogen and oxygen atoms in total. The van der Waals surface area contributed by atoms with Crippen molar-refractivity contribution in [1.29, 1.82) is 0 Å². The van der Waals surface area contributed by atoms with Crippen LogP contribution < -0.4 is 4.74 Å². The van der Waals surface area contributed by atoms with E-state index < -0.39 is 0 Å². The van der Waals surface area contributed by atoms with E-state index in [9.17, 15) is 4.79 Å². The number of ether oxygens (including phenoxy) is 1. The molecule has 0 aliphatic rings. The minimum atomic E-state index is -0.348. The molecule has 0 radical (unpaired) electrons. The zero-order valence-corrected chi connectivity index (χ0v) is 14.1. The summed E-state index contributed by atoms with van der Waals surface area (Å²) in [5.41, 5.74) is 4.05. The van der Waals surface area contributed by atoms with E-state index >= 15 is 0 Å². The van der Waals surface area contributed by atoms with E-state index in [0.717, 1.165) is 23.3 Å². The molecule has 0 unspecified atom stereocenters. The Bertz CT molecular complexity index is 794. The number of thiol groups is 1. The molecule has 0 aliphatic carbocycles. The van der Waals surface area contributed by atoms with Crippen molar-refractivity contribution in [2.45, 2.75) is 6.42 Å². The Morgan fingerprint density at radius 3 is 1.96 bits per heavy atom. The largest absolute Gasteiger partial charge is 0.423 e. The summed E-state index contributed by atoms with van der Waals surface area (Å²) in [4.78, 5) is 12.0. The third kappa shape index (κ3) is 4.06. The summed E-state index contributed by atoms with van der Waals surface area (Å²) in [6.45, 7) is 0. The van der Waals surface area contributed by atoms with Crippen LogP contribution >= 0.6 is 12.6 Å². The highest BCUT2D eigenvalue weighted by atomic mass is 32.1. The zero-order valence-electron chi connectivity index (χ0n) is 13.2. The van der Waals surface area contributed by atoms with Crippen LogP contribution in [0.5, 0.6) is 5.75 Å². The molecule has 3 aromatic rings. The first-order valence-corrected chi connectivity index (χ1v) is 8.47. The van der Waals surface area contributed by atoms with Crippen molar-refractivity contribution < 1.29 is 9.53 Å². The molecule has 0 amide bonds. The molecular formula is C21H18O2S. The van der Waals surface area contributed by atoms with E-state index in [1.807, 2.05) is 42.5 Å². The Kier molecular flexibility index (Phi) is 5.34. The second-order valence-corrected chi connectivity index (χ2v) is 5.90. The summed E-state index contributed by atoms with van der Waals surface area (Å²) in [5, 5.41) is 0. The summed E-state index contributed by atoms with van der Waals surface area (Å²) >= 11 is 4.25. The van der Waals surface area contributed by atoms with Crippen LogP contribution in [0.25, 0.3) is 11.1 Å². The van der Waals surface area contributed by atoms with Gasteiger partial charge in [-0.05, 0) is 53.1 Å². The lowest BCUT2D eigenvalue weighted by Crippen LogP contribution is -2.07. The number of aryl methyl sites for hydroxylation is 1. The maximum absolute atomic E-state index is 12.0. The zero-order chi connectivity index (χ0) is 16.8. The second-order valence-electron chi connectivity index (χ2n) is 5.45. The van der Waals surface area contributed by atoms with Crippen LogP contribution in [0.3, 0.4) is 0 Å². The summed E-state index contributed by atoms with van der Waals surface area (Å²) in [5.74, 6) is 1.04. The smallest absolute Gasteiger partial charge is 0.343 e. The van der Waals surface area contributed by atoms with Gasteiger partial charge in [0.25, 0.3) is 0 Å². The first-order chi connectivity index (χ1) is 11.8. The fourth-order valence-corrected chi connectivity index (χ4v) is 2.71. The number of benzene rings is 3. The third-order valence-corrected chi connectivity index (χ3v) is 3.99. The van der Waals surface area contributed by atoms with E-state index in [0.29, 0.717) is 11.3 Å². The molecule has 0 bridgehead atoms. The van der Waals surface area contributed by atoms with Crippen molar-refractivity contribution in [2.75, 3.05) is 5.75 Å². The first-order valence-electron chi connectivity index (χ1n) is 7.84. The molecule has 24 heavy (non-hydrogen) atoms. The van der Waals surface area contributed by atoms with Gasteiger partial charge in [0.2, 0.25) is 0 Å². The molecule has 0 aliphatic heterocycles. The normalized spacial score (nSPS) is 10.4. The minimum Gasteiger partial charge on any atom is -0.423 e. The van der Waals surface area contributed by atoms with Gasteiger partial charge in [0, 0.05) is 0 Å². The quantitative estimate of drug-likeness (QED) is 0.402. The molecule has 0 saturated heterocycles. The van der Waals surface area contributed by atoms with E-state index in [2.05, 4.69) is 36.9 Å². The van der Waals surface area contributed by atoms with E-state index in [4.69, 9.17) is 4.74 Å². The number of carbonyl (C=O) groups excluding carboxylic acids is 1. The average Bonchev–Trinajstić information content (AvgIpc) is 2.64. The van der Waals surface area contributed by atoms with Crippen LogP contribution in [0.4, 0.5) is 0 Å². The molecule has 3 rings (SSSR count). The van der Waals surface area contributed by atoms with Gasteiger partial charge in [-0.15, -0.1) is 0 Å². The van der Waals surface area contributed by atoms with Crippen molar-refractivity contribution in [3.8, 4) is 16.9 Å². The molecule has 3 aromatic carbocycles. The van der Waals surface area contributed by atoms with Gasteiger partial charge in [-0.3, -0.25) is 0 Å². The van der Waals surface area contributed by atoms with Crippen molar-refractivity contribution in [2.24, 2.45) is 0 Å². The summed E-state index contributed by atoms with van der Waals surface area (Å²) in [6, 6.07) is 25.0. The highest BCUT2D eigenvalue weighted by Gasteiger charge is 2.07. The number of hydrogen-bond acceptors (Lipinski definition) is 3. The van der Waals surface area contributed by atoms with Gasteiger partial charge in [-0.25, -0.2) is 4.79 Å². The fraction of sp³-hybridized carbons (Fsp3) is 0.0952. The van der Waals surface area contributed by atoms with Crippen LogP contribution in [-0.4, -0.2) is 11.7 Å². The lowest BCUT2D eigenvalue weighted by Gasteiger charge is -2.07. The van der Waals surface area contributed by atoms with Gasteiger partial charge in [-0.2, -0.15) is 12.6 Å². The standard InChI is InChI=1S/C21H18O2S/c22-21(19-4-2-1-3-5-19)23-20-12-10-18(11-13-20)17-8-6-16(7-9-17)14-15-24/h1-13,24H,14-15H2. The molecular weight excluding hydrogens is 316 g/mol. The highest BCUT2D eigenvalue weighted by Crippen LogP contribution is 2.23. The number of rotatable bonds is 5. The highest BCUT2D eigenvalue weighted by molar-refractivity contribution is 7.80. The summed E-state index contributed by atoms with van der Waals surface area (Å²) in [6.07, 6.45) is 0.970. The molecule has 0 fully saturated rings. The molecule has 0 atom stereocenters. The van der Waals surface area contributed by atoms with Gasteiger partial charge in [-0.1, -0.05) is 54.6 Å². The van der Waals surface area contributed by atoms with Crippen molar-refractivity contribution in [3.63, 3.8) is 0 Å². The van der Waals surface area contributed by atoms with Crippen LogP contribution in [0.2, 0.25) is 0 Å². The Morgan fingerprint density at radius 1 is 0.792 bits per heavy atom. The van der Waals surface area contributed by atoms with Crippen molar-refractivity contribution >= 4 is 18.6 Å². The Labute approximate surface area is 147 Å². The predicted octanol–water partition coefficient (Wildman–Crippen LogP) is 5.05. The lowest BCUT2D eigenvalue weighted by molar-refractivity contribution is 0.0735. The number of esters is 1. The number of hydrogen-bond donors (Lipinski definition) is 1. The molecule has 0 heterocycles. The fourth-order valence-electron chi connectivity index (χ4n) is 2.45. The Hall–Kier alpha value is -2.52. The summed E-state index contributed by atoms with van der Waals surface area (Å²) < 4.78 is 5.39. The van der Waals surface area contributed by atoms with Gasteiger partial charge in [0.05, 0.1) is 5.56 Å². The Morgan fingerprint density at radius 2 is 1.38 bits per heavy atom. The minimum absolute atomic E-state index is 0.348. The first kappa shape index (κ1) is 16.3. The molecule has 0 saturated carbocycles. The van der Waals surface area contributed by atoms with E-state index in [-0.39, 0.29) is 5.97 Å². The molecule has 0 aromatic heterocycles. The lowest BCUT2D eigenvalue weighted by atomic mass is 10.0. The second kappa shape index (κ2) is 7.84. The van der Waals surface area contributed by atoms with Crippen LogP contribution in [0, 0.1) is 0 Å². The monoisotopic (exact) mass is 334 g/mol. The molecule has 0 spiro atoms. The van der Waals surface area contributed by atoms with E-state index in [1.54, 1.807) is 12.1 Å². The third-order valence-electron chi connectivity index (χ3n) is 3.76. The van der Waals surface area contributed by atoms with Gasteiger partial charge in [0.15, 0.2) is 0 Å². The van der Waals surface area contributed by atoms with Crippen LogP contribution in [0.1, 0.15) is 15.9 Å². The van der Waals surface area contributed by atoms with Crippen LogP contribution in [0.15, 0.2) is 78.9 Å². The van der Waals surface area contributed by atoms with Gasteiger partial charge in [0.1, 0.15) is 5.75 Å². The molecule has 120 valence electrons. The van der Waals surface area contributed by atoms with Crippen molar-refractivity contribution in [3.05, 3.63) is 90.0 Å². The molecule has 3 heteroatoms. The predicted molar refractivity (Wildman–Crippen MR) is 101 cm³/mol. The van der Waals surface area contributed by atoms with Crippen molar-refractivity contribution in [1.82, 2.24) is 0 Å². The summed E-state index contributed by atoms with van der Waals surface area (Å²) in [7, 11) is 0. The van der Waals surface area contributed by atoms with Gasteiger partial charge >= 0.3 is 5.97 Å².